The van der Waals surface area contributed by atoms with Crippen LogP contribution in [0, 0.1) is 11.6 Å². The van der Waals surface area contributed by atoms with Gasteiger partial charge in [0.2, 0.25) is 0 Å². The molecule has 192 valence electrons. The molecule has 0 heterocycles. The van der Waals surface area contributed by atoms with Gasteiger partial charge in [-0.25, -0.2) is 8.78 Å². The van der Waals surface area contributed by atoms with Crippen molar-refractivity contribution in [3.63, 3.8) is 0 Å². The molecule has 0 bridgehead atoms. The van der Waals surface area contributed by atoms with Crippen LogP contribution in [0.2, 0.25) is 0 Å². The zero-order chi connectivity index (χ0) is 26.0. The van der Waals surface area contributed by atoms with Crippen LogP contribution in [0.4, 0.5) is 8.78 Å². The molecule has 0 aliphatic carbocycles. The average molecular weight is 503 g/mol. The van der Waals surface area contributed by atoms with Gasteiger partial charge >= 0.3 is 0 Å². The summed E-state index contributed by atoms with van der Waals surface area (Å²) < 4.78 is 45.8. The molecule has 0 atom stereocenters. The Bertz CT molecular complexity index is 1220. The SMILES string of the molecule is CCCCc1ccc(Oc2ccc(CCCC)c(Oc3cccc(F)c3)c2)cc1Oc1cccc(F)c1. The van der Waals surface area contributed by atoms with Crippen molar-refractivity contribution in [3.05, 3.63) is 108 Å². The first-order valence-corrected chi connectivity index (χ1v) is 12.8. The zero-order valence-corrected chi connectivity index (χ0v) is 21.3. The quantitative estimate of drug-likeness (QED) is 0.193. The summed E-state index contributed by atoms with van der Waals surface area (Å²) in [7, 11) is 0. The molecule has 0 radical (unpaired) electrons. The van der Waals surface area contributed by atoms with Crippen LogP contribution >= 0.6 is 0 Å². The minimum absolute atomic E-state index is 0.353. The zero-order valence-electron chi connectivity index (χ0n) is 21.3. The summed E-state index contributed by atoms with van der Waals surface area (Å²) in [5, 5.41) is 0. The van der Waals surface area contributed by atoms with E-state index in [9.17, 15) is 8.78 Å². The van der Waals surface area contributed by atoms with Gasteiger partial charge in [0.1, 0.15) is 46.1 Å². The van der Waals surface area contributed by atoms with Gasteiger partial charge in [0.15, 0.2) is 0 Å². The van der Waals surface area contributed by atoms with Crippen LogP contribution in [0.15, 0.2) is 84.9 Å². The van der Waals surface area contributed by atoms with E-state index in [4.69, 9.17) is 14.2 Å². The maximum absolute atomic E-state index is 13.7. The van der Waals surface area contributed by atoms with E-state index in [-0.39, 0.29) is 11.6 Å². The second-order valence-corrected chi connectivity index (χ2v) is 8.97. The van der Waals surface area contributed by atoms with Crippen LogP contribution in [-0.4, -0.2) is 0 Å². The monoisotopic (exact) mass is 502 g/mol. The second kappa shape index (κ2) is 12.9. The second-order valence-electron chi connectivity index (χ2n) is 8.97. The van der Waals surface area contributed by atoms with E-state index in [1.165, 1.54) is 24.3 Å². The summed E-state index contributed by atoms with van der Waals surface area (Å²) in [6, 6.07) is 23.6. The molecule has 0 aliphatic heterocycles. The van der Waals surface area contributed by atoms with Gasteiger partial charge in [-0.2, -0.15) is 0 Å². The van der Waals surface area contributed by atoms with Crippen molar-refractivity contribution >= 4 is 0 Å². The van der Waals surface area contributed by atoms with Crippen molar-refractivity contribution in [2.45, 2.75) is 52.4 Å². The maximum Gasteiger partial charge on any atom is 0.134 e. The van der Waals surface area contributed by atoms with Crippen LogP contribution < -0.4 is 14.2 Å². The van der Waals surface area contributed by atoms with E-state index in [0.717, 1.165) is 49.7 Å². The predicted molar refractivity (Wildman–Crippen MR) is 143 cm³/mol. The Morgan fingerprint density at radius 1 is 0.514 bits per heavy atom. The summed E-state index contributed by atoms with van der Waals surface area (Å²) in [6.07, 6.45) is 5.82. The first-order valence-electron chi connectivity index (χ1n) is 12.8. The van der Waals surface area contributed by atoms with E-state index in [2.05, 4.69) is 13.8 Å². The summed E-state index contributed by atoms with van der Waals surface area (Å²) in [5.74, 6) is 2.60. The standard InChI is InChI=1S/C32H32F2O3/c1-3-5-9-23-15-17-29(21-31(23)36-27-13-7-11-25(33)19-27)35-30-18-16-24(10-6-4-2)32(22-30)37-28-14-8-12-26(34)20-28/h7-8,11-22H,3-6,9-10H2,1-2H3. The molecule has 0 fully saturated rings. The van der Waals surface area contributed by atoms with Gasteiger partial charge in [-0.3, -0.25) is 0 Å². The minimum atomic E-state index is -0.353. The Labute approximate surface area is 217 Å². The summed E-state index contributed by atoms with van der Waals surface area (Å²) in [4.78, 5) is 0. The number of benzene rings is 4. The van der Waals surface area contributed by atoms with Gasteiger partial charge in [0, 0.05) is 24.3 Å². The van der Waals surface area contributed by atoms with E-state index in [1.807, 2.05) is 36.4 Å². The van der Waals surface area contributed by atoms with Crippen molar-refractivity contribution in [3.8, 4) is 34.5 Å². The molecular weight excluding hydrogens is 470 g/mol. The number of hydrogen-bond donors (Lipinski definition) is 0. The largest absolute Gasteiger partial charge is 0.457 e. The number of halogens is 2. The third kappa shape index (κ3) is 7.56. The Morgan fingerprint density at radius 2 is 0.946 bits per heavy atom. The molecule has 4 aromatic carbocycles. The van der Waals surface area contributed by atoms with Crippen molar-refractivity contribution in [1.82, 2.24) is 0 Å². The van der Waals surface area contributed by atoms with E-state index in [1.54, 1.807) is 24.3 Å². The van der Waals surface area contributed by atoms with Crippen molar-refractivity contribution in [1.29, 1.82) is 0 Å². The highest BCUT2D eigenvalue weighted by Gasteiger charge is 2.12. The lowest BCUT2D eigenvalue weighted by Gasteiger charge is -2.16. The molecule has 0 saturated carbocycles. The van der Waals surface area contributed by atoms with Crippen molar-refractivity contribution < 1.29 is 23.0 Å². The Balaban J connectivity index is 1.61. The first kappa shape index (κ1) is 26.2. The molecule has 4 rings (SSSR count). The van der Waals surface area contributed by atoms with Crippen LogP contribution in [0.5, 0.6) is 34.5 Å². The Hall–Kier alpha value is -3.86. The van der Waals surface area contributed by atoms with E-state index < -0.39 is 0 Å². The fraction of sp³-hybridized carbons (Fsp3) is 0.250. The van der Waals surface area contributed by atoms with Crippen molar-refractivity contribution in [2.75, 3.05) is 0 Å². The highest BCUT2D eigenvalue weighted by atomic mass is 19.1. The minimum Gasteiger partial charge on any atom is -0.457 e. The summed E-state index contributed by atoms with van der Waals surface area (Å²) in [5.41, 5.74) is 2.06. The normalized spacial score (nSPS) is 10.8. The lowest BCUT2D eigenvalue weighted by molar-refractivity contribution is 0.444. The maximum atomic E-state index is 13.7. The van der Waals surface area contributed by atoms with Crippen LogP contribution in [0.1, 0.15) is 50.7 Å². The van der Waals surface area contributed by atoms with Gasteiger partial charge in [-0.15, -0.1) is 0 Å². The molecule has 0 aliphatic rings. The molecule has 4 aromatic rings. The average Bonchev–Trinajstić information content (AvgIpc) is 2.88. The molecule has 3 nitrogen and oxygen atoms in total. The topological polar surface area (TPSA) is 27.7 Å². The molecule has 37 heavy (non-hydrogen) atoms. The van der Waals surface area contributed by atoms with E-state index in [0.29, 0.717) is 34.5 Å². The molecule has 0 N–H and O–H groups in total. The highest BCUT2D eigenvalue weighted by molar-refractivity contribution is 5.48. The van der Waals surface area contributed by atoms with Gasteiger partial charge in [0.25, 0.3) is 0 Å². The molecular formula is C32H32F2O3. The molecule has 0 aromatic heterocycles. The highest BCUT2D eigenvalue weighted by Crippen LogP contribution is 2.36. The van der Waals surface area contributed by atoms with Gasteiger partial charge in [-0.05, 0) is 73.2 Å². The molecule has 0 amide bonds. The molecule has 0 spiro atoms. The number of aryl methyl sites for hydroxylation is 2. The molecule has 0 saturated heterocycles. The number of hydrogen-bond acceptors (Lipinski definition) is 3. The molecule has 5 heteroatoms. The first-order chi connectivity index (χ1) is 18.0. The summed E-state index contributed by atoms with van der Waals surface area (Å²) in [6.45, 7) is 4.27. The van der Waals surface area contributed by atoms with Gasteiger partial charge in [-0.1, -0.05) is 51.0 Å². The predicted octanol–water partition coefficient (Wildman–Crippen LogP) is 10.0. The fourth-order valence-corrected chi connectivity index (χ4v) is 3.99. The van der Waals surface area contributed by atoms with Crippen LogP contribution in [-0.2, 0) is 12.8 Å². The lowest BCUT2D eigenvalue weighted by Crippen LogP contribution is -1.96. The smallest absolute Gasteiger partial charge is 0.134 e. The van der Waals surface area contributed by atoms with Gasteiger partial charge in [0.05, 0.1) is 0 Å². The number of unbranched alkanes of at least 4 members (excludes halogenated alkanes) is 2. The number of rotatable bonds is 12. The van der Waals surface area contributed by atoms with Crippen molar-refractivity contribution in [2.24, 2.45) is 0 Å². The Kier molecular flexibility index (Phi) is 9.14. The summed E-state index contributed by atoms with van der Waals surface area (Å²) >= 11 is 0. The Morgan fingerprint density at radius 3 is 1.35 bits per heavy atom. The lowest BCUT2D eigenvalue weighted by atomic mass is 10.1. The molecule has 0 unspecified atom stereocenters. The number of ether oxygens (including phenoxy) is 3. The van der Waals surface area contributed by atoms with Crippen LogP contribution in [0.25, 0.3) is 0 Å². The van der Waals surface area contributed by atoms with E-state index >= 15 is 0 Å². The third-order valence-corrected chi connectivity index (χ3v) is 5.96. The van der Waals surface area contributed by atoms with Gasteiger partial charge < -0.3 is 14.2 Å². The van der Waals surface area contributed by atoms with Crippen LogP contribution in [0.3, 0.4) is 0 Å². The third-order valence-electron chi connectivity index (χ3n) is 5.96. The fourth-order valence-electron chi connectivity index (χ4n) is 3.99.